The molecule has 0 bridgehead atoms. The molecule has 0 aliphatic heterocycles. The van der Waals surface area contributed by atoms with E-state index < -0.39 is 23.4 Å². The van der Waals surface area contributed by atoms with Gasteiger partial charge in [-0.1, -0.05) is 30.1 Å². The molecule has 0 amide bonds. The number of ether oxygens (including phenoxy) is 1. The maximum absolute atomic E-state index is 13.0. The van der Waals surface area contributed by atoms with Crippen LogP contribution in [0.4, 0.5) is 13.2 Å². The zero-order chi connectivity index (χ0) is 18.3. The Kier molecular flexibility index (Phi) is 4.72. The van der Waals surface area contributed by atoms with Crippen molar-refractivity contribution < 1.29 is 32.3 Å². The summed E-state index contributed by atoms with van der Waals surface area (Å²) in [6.45, 7) is 4.45. The quantitative estimate of drug-likeness (QED) is 0.831. The summed E-state index contributed by atoms with van der Waals surface area (Å²) < 4.78 is 49.2. The van der Waals surface area contributed by atoms with Crippen molar-refractivity contribution in [2.75, 3.05) is 0 Å². The van der Waals surface area contributed by atoms with Gasteiger partial charge < -0.3 is 14.4 Å². The molecular weight excluding hydrogens is 351 g/mol. The van der Waals surface area contributed by atoms with Gasteiger partial charge in [-0.2, -0.15) is 13.2 Å². The zero-order valence-electron chi connectivity index (χ0n) is 13.1. The maximum Gasteiger partial charge on any atom is 0.437 e. The molecule has 0 atom stereocenters. The minimum Gasteiger partial charge on any atom is -0.478 e. The van der Waals surface area contributed by atoms with Gasteiger partial charge in [0.15, 0.2) is 16.9 Å². The zero-order valence-corrected chi connectivity index (χ0v) is 13.9. The van der Waals surface area contributed by atoms with Crippen molar-refractivity contribution in [3.05, 3.63) is 22.3 Å². The Labute approximate surface area is 140 Å². The Morgan fingerprint density at radius 1 is 1.42 bits per heavy atom. The number of alkyl halides is 3. The molecule has 1 N–H and O–H groups in total. The third kappa shape index (κ3) is 3.28. The second-order valence-electron chi connectivity index (χ2n) is 5.75. The second kappa shape index (κ2) is 6.16. The number of benzene rings is 1. The fraction of sp³-hybridized carbons (Fsp3) is 0.467. The van der Waals surface area contributed by atoms with Crippen molar-refractivity contribution >= 4 is 28.5 Å². The number of carboxylic acid groups (broad SMARTS) is 1. The van der Waals surface area contributed by atoms with Gasteiger partial charge >= 0.3 is 12.1 Å². The molecule has 1 heterocycles. The van der Waals surface area contributed by atoms with Crippen molar-refractivity contribution in [1.29, 1.82) is 0 Å². The SMILES string of the molecule is CCCc1cc2c(C(F)(F)F)noc2c(Cl)c1OC(C)(C)C(=O)O. The van der Waals surface area contributed by atoms with Crippen LogP contribution in [0.15, 0.2) is 10.6 Å². The summed E-state index contributed by atoms with van der Waals surface area (Å²) in [4.78, 5) is 11.3. The smallest absolute Gasteiger partial charge is 0.437 e. The molecule has 0 aliphatic carbocycles. The third-order valence-corrected chi connectivity index (χ3v) is 3.74. The number of hydrogen-bond acceptors (Lipinski definition) is 4. The predicted molar refractivity (Wildman–Crippen MR) is 80.4 cm³/mol. The lowest BCUT2D eigenvalue weighted by Gasteiger charge is -2.24. The number of carboxylic acids is 1. The first-order valence-corrected chi connectivity index (χ1v) is 7.47. The van der Waals surface area contributed by atoms with E-state index in [0.717, 1.165) is 0 Å². The van der Waals surface area contributed by atoms with Crippen molar-refractivity contribution in [2.45, 2.75) is 45.4 Å². The van der Waals surface area contributed by atoms with E-state index in [4.69, 9.17) is 20.9 Å². The van der Waals surface area contributed by atoms with Crippen molar-refractivity contribution in [2.24, 2.45) is 0 Å². The summed E-state index contributed by atoms with van der Waals surface area (Å²) in [6.07, 6.45) is -3.75. The van der Waals surface area contributed by atoms with Crippen molar-refractivity contribution in [1.82, 2.24) is 5.16 Å². The van der Waals surface area contributed by atoms with Gasteiger partial charge in [-0.3, -0.25) is 0 Å². The number of hydrogen-bond donors (Lipinski definition) is 1. The van der Waals surface area contributed by atoms with E-state index in [9.17, 15) is 23.1 Å². The molecule has 1 aromatic heterocycles. The monoisotopic (exact) mass is 365 g/mol. The first-order valence-electron chi connectivity index (χ1n) is 7.09. The lowest BCUT2D eigenvalue weighted by atomic mass is 10.0. The van der Waals surface area contributed by atoms with E-state index in [2.05, 4.69) is 5.16 Å². The van der Waals surface area contributed by atoms with Gasteiger partial charge in [0, 0.05) is 0 Å². The molecule has 0 spiro atoms. The maximum atomic E-state index is 13.0. The van der Waals surface area contributed by atoms with Gasteiger partial charge in [-0.25, -0.2) is 4.79 Å². The number of aryl methyl sites for hydroxylation is 1. The highest BCUT2D eigenvalue weighted by Crippen LogP contribution is 2.43. The summed E-state index contributed by atoms with van der Waals surface area (Å²) >= 11 is 6.14. The van der Waals surface area contributed by atoms with Crippen LogP contribution < -0.4 is 4.74 Å². The average molecular weight is 366 g/mol. The first-order chi connectivity index (χ1) is 11.0. The lowest BCUT2D eigenvalue weighted by molar-refractivity contribution is -0.152. The van der Waals surface area contributed by atoms with E-state index in [1.165, 1.54) is 19.9 Å². The molecular formula is C15H15ClF3NO4. The molecule has 1 aromatic carbocycles. The van der Waals surface area contributed by atoms with Crippen LogP contribution in [0.5, 0.6) is 5.75 Å². The third-order valence-electron chi connectivity index (χ3n) is 3.40. The molecule has 2 aromatic rings. The Morgan fingerprint density at radius 2 is 2.04 bits per heavy atom. The Bertz CT molecular complexity index is 783. The number of rotatable bonds is 5. The van der Waals surface area contributed by atoms with Crippen LogP contribution in [0, 0.1) is 0 Å². The van der Waals surface area contributed by atoms with Crippen LogP contribution in [-0.2, 0) is 17.4 Å². The predicted octanol–water partition coefficient (Wildman–Crippen LogP) is 4.69. The van der Waals surface area contributed by atoms with Crippen molar-refractivity contribution in [3.8, 4) is 5.75 Å². The number of halogens is 4. The number of fused-ring (bicyclic) bond motifs is 1. The van der Waals surface area contributed by atoms with Gasteiger partial charge in [0.05, 0.1) is 5.39 Å². The summed E-state index contributed by atoms with van der Waals surface area (Å²) in [5.41, 5.74) is -2.73. The van der Waals surface area contributed by atoms with E-state index in [1.807, 2.05) is 6.92 Å². The van der Waals surface area contributed by atoms with Crippen LogP contribution in [0.25, 0.3) is 11.0 Å². The van der Waals surface area contributed by atoms with Gasteiger partial charge in [0.1, 0.15) is 10.8 Å². The molecule has 24 heavy (non-hydrogen) atoms. The largest absolute Gasteiger partial charge is 0.478 e. The molecule has 0 saturated heterocycles. The molecule has 0 aliphatic rings. The number of aliphatic carboxylic acids is 1. The number of carbonyl (C=O) groups is 1. The molecule has 0 radical (unpaired) electrons. The van der Waals surface area contributed by atoms with E-state index in [0.29, 0.717) is 18.4 Å². The Hall–Kier alpha value is -1.96. The van der Waals surface area contributed by atoms with Gasteiger partial charge in [-0.15, -0.1) is 0 Å². The van der Waals surface area contributed by atoms with E-state index in [1.54, 1.807) is 0 Å². The summed E-state index contributed by atoms with van der Waals surface area (Å²) in [5, 5.41) is 11.7. The van der Waals surface area contributed by atoms with Crippen LogP contribution >= 0.6 is 11.6 Å². The fourth-order valence-electron chi connectivity index (χ4n) is 2.14. The molecule has 5 nitrogen and oxygen atoms in total. The van der Waals surface area contributed by atoms with Gasteiger partial charge in [-0.05, 0) is 31.9 Å². The average Bonchev–Trinajstić information content (AvgIpc) is 2.87. The first kappa shape index (κ1) is 18.4. The van der Waals surface area contributed by atoms with E-state index in [-0.39, 0.29) is 21.7 Å². The topological polar surface area (TPSA) is 72.6 Å². The lowest BCUT2D eigenvalue weighted by Crippen LogP contribution is -2.38. The fourth-order valence-corrected chi connectivity index (χ4v) is 2.44. The Balaban J connectivity index is 2.69. The van der Waals surface area contributed by atoms with Crippen LogP contribution in [0.3, 0.4) is 0 Å². The molecule has 0 fully saturated rings. The van der Waals surface area contributed by atoms with Crippen LogP contribution in [-0.4, -0.2) is 21.8 Å². The minimum absolute atomic E-state index is 0.0108. The molecule has 2 rings (SSSR count). The summed E-state index contributed by atoms with van der Waals surface area (Å²) in [6, 6.07) is 1.23. The van der Waals surface area contributed by atoms with Gasteiger partial charge in [0.2, 0.25) is 0 Å². The molecule has 0 unspecified atom stereocenters. The second-order valence-corrected chi connectivity index (χ2v) is 6.13. The van der Waals surface area contributed by atoms with Gasteiger partial charge in [0.25, 0.3) is 0 Å². The standard InChI is InChI=1S/C15H15ClF3NO4/c1-4-5-7-6-8-11(24-20-12(8)15(17,18)19)9(16)10(7)23-14(2,3)13(21)22/h6H,4-5H2,1-3H3,(H,21,22). The summed E-state index contributed by atoms with van der Waals surface area (Å²) in [7, 11) is 0. The Morgan fingerprint density at radius 3 is 2.54 bits per heavy atom. The van der Waals surface area contributed by atoms with Crippen LogP contribution in [0.2, 0.25) is 5.02 Å². The van der Waals surface area contributed by atoms with Crippen molar-refractivity contribution in [3.63, 3.8) is 0 Å². The minimum atomic E-state index is -4.69. The highest BCUT2D eigenvalue weighted by atomic mass is 35.5. The van der Waals surface area contributed by atoms with E-state index >= 15 is 0 Å². The highest BCUT2D eigenvalue weighted by Gasteiger charge is 2.39. The number of nitrogens with zero attached hydrogens (tertiary/aromatic N) is 1. The van der Waals surface area contributed by atoms with Crippen LogP contribution in [0.1, 0.15) is 38.4 Å². The highest BCUT2D eigenvalue weighted by molar-refractivity contribution is 6.36. The normalized spacial score (nSPS) is 12.6. The number of aromatic nitrogens is 1. The molecule has 0 saturated carbocycles. The molecule has 9 heteroatoms. The summed E-state index contributed by atoms with van der Waals surface area (Å²) in [5.74, 6) is -1.25. The molecule has 132 valence electrons.